The van der Waals surface area contributed by atoms with Crippen LogP contribution in [0.4, 0.5) is 14.5 Å². The van der Waals surface area contributed by atoms with Gasteiger partial charge in [0, 0.05) is 44.2 Å². The third-order valence-corrected chi connectivity index (χ3v) is 9.32. The van der Waals surface area contributed by atoms with Gasteiger partial charge < -0.3 is 14.1 Å². The highest BCUT2D eigenvalue weighted by molar-refractivity contribution is 7.89. The van der Waals surface area contributed by atoms with E-state index in [-0.39, 0.29) is 31.1 Å². The molecule has 13 heteroatoms. The van der Waals surface area contributed by atoms with Gasteiger partial charge in [0.1, 0.15) is 23.1 Å². The van der Waals surface area contributed by atoms with Gasteiger partial charge in [-0.15, -0.1) is 0 Å². The second-order valence-electron chi connectivity index (χ2n) is 10.2. The lowest BCUT2D eigenvalue weighted by atomic mass is 10.2. The van der Waals surface area contributed by atoms with Gasteiger partial charge in [-0.2, -0.15) is 14.1 Å². The molecule has 5 rings (SSSR count). The van der Waals surface area contributed by atoms with Crippen LogP contribution in [0.1, 0.15) is 25.3 Å². The molecule has 1 aliphatic heterocycles. The number of sulfonamides is 1. The summed E-state index contributed by atoms with van der Waals surface area (Å²) in [5.41, 5.74) is 1.03. The summed E-state index contributed by atoms with van der Waals surface area (Å²) < 4.78 is 67.4. The standard InChI is InChI=1S/C29H31F2N5O5S/c1-19(2)42(38,39)35-12-10-34(11-13-35)26-18-32-36(24-16-22(30)15-23(31)17-24)29(37)27(26)40-14-9-25-20(3)41-28(33-25)21-7-5-4-6-8-21/h4-8,15-19H,9-14H2,1-3H3. The average Bonchev–Trinajstić information content (AvgIpc) is 3.34. The minimum Gasteiger partial charge on any atom is -0.486 e. The number of halogens is 2. The zero-order valence-electron chi connectivity index (χ0n) is 23.5. The molecule has 1 aliphatic rings. The number of oxazole rings is 1. The Morgan fingerprint density at radius 1 is 1.02 bits per heavy atom. The van der Waals surface area contributed by atoms with Gasteiger partial charge in [0.25, 0.3) is 0 Å². The van der Waals surface area contributed by atoms with Crippen LogP contribution in [0.5, 0.6) is 5.75 Å². The molecule has 1 fully saturated rings. The normalized spacial score (nSPS) is 14.5. The molecule has 2 aromatic carbocycles. The van der Waals surface area contributed by atoms with Crippen LogP contribution >= 0.6 is 0 Å². The SMILES string of the molecule is Cc1oc(-c2ccccc2)nc1CCOc1c(N2CCN(S(=O)(=O)C(C)C)CC2)cnn(-c2cc(F)cc(F)c2)c1=O. The number of rotatable bonds is 9. The molecule has 3 heterocycles. The van der Waals surface area contributed by atoms with Gasteiger partial charge in [-0.05, 0) is 45.0 Å². The summed E-state index contributed by atoms with van der Waals surface area (Å²) in [5.74, 6) is -0.703. The fourth-order valence-corrected chi connectivity index (χ4v) is 6.00. The van der Waals surface area contributed by atoms with E-state index in [2.05, 4.69) is 10.1 Å². The number of aryl methyl sites for hydroxylation is 1. The van der Waals surface area contributed by atoms with Crippen molar-refractivity contribution in [1.82, 2.24) is 19.1 Å². The van der Waals surface area contributed by atoms with E-state index >= 15 is 0 Å². The lowest BCUT2D eigenvalue weighted by molar-refractivity contribution is 0.310. The van der Waals surface area contributed by atoms with Crippen molar-refractivity contribution in [3.63, 3.8) is 0 Å². The molecule has 0 bridgehead atoms. The van der Waals surface area contributed by atoms with Gasteiger partial charge in [-0.3, -0.25) is 4.79 Å². The number of piperazine rings is 1. The van der Waals surface area contributed by atoms with Crippen LogP contribution in [-0.2, 0) is 16.4 Å². The largest absolute Gasteiger partial charge is 0.486 e. The number of anilines is 1. The lowest BCUT2D eigenvalue weighted by Gasteiger charge is -2.36. The fraction of sp³-hybridized carbons (Fsp3) is 0.345. The highest BCUT2D eigenvalue weighted by Crippen LogP contribution is 2.27. The second-order valence-corrected chi connectivity index (χ2v) is 12.7. The Balaban J connectivity index is 1.42. The first-order valence-corrected chi connectivity index (χ1v) is 15.0. The number of aromatic nitrogens is 3. The number of nitrogens with zero attached hydrogens (tertiary/aromatic N) is 5. The first-order chi connectivity index (χ1) is 20.0. The molecule has 0 radical (unpaired) electrons. The van der Waals surface area contributed by atoms with Crippen molar-refractivity contribution < 1.29 is 26.4 Å². The van der Waals surface area contributed by atoms with Crippen molar-refractivity contribution in [2.75, 3.05) is 37.7 Å². The van der Waals surface area contributed by atoms with Crippen molar-refractivity contribution in [2.45, 2.75) is 32.4 Å². The molecule has 0 unspecified atom stereocenters. The maximum Gasteiger partial charge on any atom is 0.316 e. The van der Waals surface area contributed by atoms with Crippen LogP contribution in [0.3, 0.4) is 0 Å². The quantitative estimate of drug-likeness (QED) is 0.285. The fourth-order valence-electron chi connectivity index (χ4n) is 4.73. The monoisotopic (exact) mass is 599 g/mol. The van der Waals surface area contributed by atoms with Gasteiger partial charge in [-0.1, -0.05) is 18.2 Å². The summed E-state index contributed by atoms with van der Waals surface area (Å²) in [6.45, 7) is 6.14. The van der Waals surface area contributed by atoms with E-state index in [1.165, 1.54) is 10.5 Å². The first-order valence-electron chi connectivity index (χ1n) is 13.5. The Morgan fingerprint density at radius 3 is 2.33 bits per heavy atom. The highest BCUT2D eigenvalue weighted by atomic mass is 32.2. The van der Waals surface area contributed by atoms with Gasteiger partial charge >= 0.3 is 5.56 Å². The van der Waals surface area contributed by atoms with Gasteiger partial charge in [0.15, 0.2) is 0 Å². The molecule has 222 valence electrons. The Bertz CT molecular complexity index is 1710. The lowest BCUT2D eigenvalue weighted by Crippen LogP contribution is -2.50. The molecule has 0 saturated carbocycles. The smallest absolute Gasteiger partial charge is 0.316 e. The van der Waals surface area contributed by atoms with Crippen LogP contribution in [0.2, 0.25) is 0 Å². The van der Waals surface area contributed by atoms with Crippen molar-refractivity contribution in [3.8, 4) is 22.9 Å². The molecule has 0 N–H and O–H groups in total. The van der Waals surface area contributed by atoms with E-state index in [1.807, 2.05) is 35.2 Å². The zero-order chi connectivity index (χ0) is 30.0. The van der Waals surface area contributed by atoms with Crippen LogP contribution in [0.25, 0.3) is 17.1 Å². The number of ether oxygens (including phenoxy) is 1. The van der Waals surface area contributed by atoms with Crippen molar-refractivity contribution in [3.05, 3.63) is 88.2 Å². The molecular formula is C29H31F2N5O5S. The van der Waals surface area contributed by atoms with Crippen molar-refractivity contribution in [2.24, 2.45) is 0 Å². The Kier molecular flexibility index (Phi) is 8.41. The molecule has 0 spiro atoms. The van der Waals surface area contributed by atoms with Gasteiger partial charge in [0.05, 0.1) is 29.4 Å². The summed E-state index contributed by atoms with van der Waals surface area (Å²) in [5, 5.41) is 3.62. The maximum atomic E-state index is 14.0. The molecule has 10 nitrogen and oxygen atoms in total. The van der Waals surface area contributed by atoms with Crippen LogP contribution in [0.15, 0.2) is 63.9 Å². The topological polar surface area (TPSA) is 111 Å². The summed E-state index contributed by atoms with van der Waals surface area (Å²) in [6.07, 6.45) is 1.71. The minimum atomic E-state index is -3.43. The molecule has 4 aromatic rings. The van der Waals surface area contributed by atoms with E-state index in [0.29, 0.717) is 48.6 Å². The van der Waals surface area contributed by atoms with Gasteiger partial charge in [0.2, 0.25) is 21.7 Å². The molecule has 0 amide bonds. The van der Waals surface area contributed by atoms with Crippen molar-refractivity contribution >= 4 is 15.7 Å². The number of hydrogen-bond donors (Lipinski definition) is 0. The first kappa shape index (κ1) is 29.4. The summed E-state index contributed by atoms with van der Waals surface area (Å²) >= 11 is 0. The Labute approximate surface area is 242 Å². The van der Waals surface area contributed by atoms with Crippen LogP contribution in [-0.4, -0.2) is 65.5 Å². The van der Waals surface area contributed by atoms with Gasteiger partial charge in [-0.25, -0.2) is 22.2 Å². The zero-order valence-corrected chi connectivity index (χ0v) is 24.3. The van der Waals surface area contributed by atoms with E-state index in [4.69, 9.17) is 9.15 Å². The second kappa shape index (κ2) is 12.0. The third kappa shape index (κ3) is 6.07. The Hall–Kier alpha value is -4.10. The maximum absolute atomic E-state index is 14.0. The van der Waals surface area contributed by atoms with Crippen LogP contribution in [0, 0.1) is 18.6 Å². The molecular weight excluding hydrogens is 568 g/mol. The minimum absolute atomic E-state index is 0.0487. The summed E-state index contributed by atoms with van der Waals surface area (Å²) in [6, 6.07) is 12.1. The number of hydrogen-bond acceptors (Lipinski definition) is 8. The van der Waals surface area contributed by atoms with E-state index in [9.17, 15) is 22.0 Å². The summed E-state index contributed by atoms with van der Waals surface area (Å²) in [7, 11) is -3.43. The van der Waals surface area contributed by atoms with E-state index < -0.39 is 32.5 Å². The highest BCUT2D eigenvalue weighted by Gasteiger charge is 2.31. The third-order valence-electron chi connectivity index (χ3n) is 7.04. The average molecular weight is 600 g/mol. The van der Waals surface area contributed by atoms with Crippen LogP contribution < -0.4 is 15.2 Å². The summed E-state index contributed by atoms with van der Waals surface area (Å²) in [4.78, 5) is 20.0. The molecule has 1 saturated heterocycles. The predicted octanol–water partition coefficient (Wildman–Crippen LogP) is 3.96. The predicted molar refractivity (Wildman–Crippen MR) is 153 cm³/mol. The molecule has 42 heavy (non-hydrogen) atoms. The van der Waals surface area contributed by atoms with E-state index in [0.717, 1.165) is 22.4 Å². The molecule has 0 aliphatic carbocycles. The van der Waals surface area contributed by atoms with Crippen molar-refractivity contribution in [1.29, 1.82) is 0 Å². The molecule has 2 aromatic heterocycles. The number of benzene rings is 2. The molecule has 0 atom stereocenters. The Morgan fingerprint density at radius 2 is 1.69 bits per heavy atom. The van der Waals surface area contributed by atoms with E-state index in [1.54, 1.807) is 20.8 Å².